The van der Waals surface area contributed by atoms with E-state index >= 15 is 0 Å². The first-order valence-corrected chi connectivity index (χ1v) is 19.4. The van der Waals surface area contributed by atoms with E-state index in [1.807, 2.05) is 13.8 Å². The van der Waals surface area contributed by atoms with Gasteiger partial charge in [0.1, 0.15) is 0 Å². The van der Waals surface area contributed by atoms with Gasteiger partial charge in [-0.1, -0.05) is 0 Å². The average Bonchev–Trinajstić information content (AvgIpc) is 2.91. The van der Waals surface area contributed by atoms with Gasteiger partial charge in [0.15, 0.2) is 0 Å². The Morgan fingerprint density at radius 2 is 1.02 bits per heavy atom. The van der Waals surface area contributed by atoms with Crippen molar-refractivity contribution in [2.24, 2.45) is 0 Å². The van der Waals surface area contributed by atoms with Crippen molar-refractivity contribution in [3.05, 3.63) is 32.6 Å². The van der Waals surface area contributed by atoms with Gasteiger partial charge in [0.05, 0.1) is 79.0 Å². The smallest absolute Gasteiger partial charge is 0.331 e. The molecule has 1 heterocycles. The molecule has 0 aliphatic carbocycles. The van der Waals surface area contributed by atoms with Gasteiger partial charge in [-0.3, -0.25) is 23.1 Å². The van der Waals surface area contributed by atoms with Gasteiger partial charge < -0.3 is 61.9 Å². The molecule has 0 spiro atoms. The second-order valence-corrected chi connectivity index (χ2v) is 15.8. The van der Waals surface area contributed by atoms with Crippen LogP contribution in [0.1, 0.15) is 71.9 Å². The molecule has 0 radical (unpaired) electrons. The number of nitrogens with one attached hydrogen (secondary N) is 2. The summed E-state index contributed by atoms with van der Waals surface area (Å²) < 4.78 is 50.7. The molecule has 268 valence electrons. The average molecular weight is 815 g/mol. The molecule has 1 aromatic heterocycles. The van der Waals surface area contributed by atoms with Crippen molar-refractivity contribution in [2.45, 2.75) is 98.3 Å². The molecule has 0 bridgehead atoms. The third-order valence-corrected chi connectivity index (χ3v) is 12.0. The van der Waals surface area contributed by atoms with Crippen LogP contribution in [0.2, 0.25) is 0 Å². The van der Waals surface area contributed by atoms with Crippen molar-refractivity contribution in [2.75, 3.05) is 66.9 Å². The molecule has 16 heteroatoms. The Morgan fingerprint density at radius 1 is 0.667 bits per heavy atom. The predicted molar refractivity (Wildman–Crippen MR) is 172 cm³/mol. The molecule has 0 amide bonds. The highest BCUT2D eigenvalue weighted by molar-refractivity contribution is 7.54. The summed E-state index contributed by atoms with van der Waals surface area (Å²) in [4.78, 5) is 28.7. The largest absolute Gasteiger partial charge is 1.00 e. The standard InChI is InChI=1S/C29H58N4O8P2.2BrH/c1-10-38-42(36,39-11-2)22-18-26(30(6)7)16-14-20-32-25(5)24-28(34)33(29(32)35)21-15-17-27(31(8)9)19-23-43(37,40-12-3)41-13-4;;/h24,26-27H,10-23H2,1-9H3;2*1H. The topological polar surface area (TPSA) is 124 Å². The van der Waals surface area contributed by atoms with Crippen LogP contribution in [-0.2, 0) is 40.3 Å². The Labute approximate surface area is 292 Å². The van der Waals surface area contributed by atoms with Crippen LogP contribution in [0.15, 0.2) is 15.7 Å². The molecular formula is C29H60Br2N4O8P2. The molecule has 0 fully saturated rings. The molecule has 0 aliphatic rings. The number of hydrogen-bond acceptors (Lipinski definition) is 8. The van der Waals surface area contributed by atoms with Crippen LogP contribution < -0.4 is 55.0 Å². The van der Waals surface area contributed by atoms with Gasteiger partial charge in [-0.2, -0.15) is 0 Å². The van der Waals surface area contributed by atoms with Crippen LogP contribution in [0.3, 0.4) is 0 Å². The van der Waals surface area contributed by atoms with Gasteiger partial charge in [-0.05, 0) is 47.5 Å². The molecule has 0 aliphatic heterocycles. The second-order valence-electron chi connectivity index (χ2n) is 11.5. The highest BCUT2D eigenvalue weighted by Gasteiger charge is 2.28. The fourth-order valence-corrected chi connectivity index (χ4v) is 8.88. The van der Waals surface area contributed by atoms with E-state index in [1.54, 1.807) is 25.3 Å². The van der Waals surface area contributed by atoms with E-state index in [9.17, 15) is 18.7 Å². The van der Waals surface area contributed by atoms with E-state index in [-0.39, 0.29) is 57.3 Å². The van der Waals surface area contributed by atoms with E-state index in [1.165, 1.54) is 20.4 Å². The maximum absolute atomic E-state index is 13.4. The lowest BCUT2D eigenvalue weighted by atomic mass is 10.1. The van der Waals surface area contributed by atoms with Crippen molar-refractivity contribution in [1.82, 2.24) is 9.13 Å². The van der Waals surface area contributed by atoms with Gasteiger partial charge in [0, 0.05) is 50.5 Å². The summed E-state index contributed by atoms with van der Waals surface area (Å²) in [6.07, 6.45) is 5.03. The Hall–Kier alpha value is -0.140. The molecule has 0 saturated carbocycles. The minimum Gasteiger partial charge on any atom is -1.00 e. The lowest BCUT2D eigenvalue weighted by molar-refractivity contribution is -0.886. The van der Waals surface area contributed by atoms with E-state index < -0.39 is 15.2 Å². The summed E-state index contributed by atoms with van der Waals surface area (Å²) in [7, 11) is 2.02. The molecule has 1 rings (SSSR count). The third-order valence-electron chi connectivity index (χ3n) is 7.79. The number of quaternary nitrogens is 2. The Kier molecular flexibility index (Phi) is 25.1. The molecule has 2 unspecified atom stereocenters. The van der Waals surface area contributed by atoms with Crippen molar-refractivity contribution >= 4 is 15.2 Å². The maximum atomic E-state index is 13.4. The Morgan fingerprint density at radius 3 is 1.36 bits per heavy atom. The Bertz CT molecular complexity index is 1150. The number of hydrogen-bond donors (Lipinski definition) is 2. The number of nitrogens with zero attached hydrogens (tertiary/aromatic N) is 2. The van der Waals surface area contributed by atoms with Crippen LogP contribution in [0.5, 0.6) is 0 Å². The van der Waals surface area contributed by atoms with Crippen molar-refractivity contribution in [3.8, 4) is 0 Å². The quantitative estimate of drug-likeness (QED) is 0.102. The molecule has 2 N–H and O–H groups in total. The van der Waals surface area contributed by atoms with E-state index in [2.05, 4.69) is 28.2 Å². The van der Waals surface area contributed by atoms with E-state index in [0.717, 1.165) is 19.3 Å². The first-order chi connectivity index (χ1) is 20.3. The molecule has 45 heavy (non-hydrogen) atoms. The van der Waals surface area contributed by atoms with Crippen molar-refractivity contribution < 1.29 is 71.0 Å². The maximum Gasteiger partial charge on any atom is 0.331 e. The zero-order valence-electron chi connectivity index (χ0n) is 28.9. The summed E-state index contributed by atoms with van der Waals surface area (Å²) in [6.45, 7) is 11.2. The number of aromatic nitrogens is 2. The van der Waals surface area contributed by atoms with Crippen LogP contribution in [0.4, 0.5) is 0 Å². The van der Waals surface area contributed by atoms with Crippen molar-refractivity contribution in [1.29, 1.82) is 0 Å². The van der Waals surface area contributed by atoms with Gasteiger partial charge in [-0.25, -0.2) is 4.79 Å². The minimum absolute atomic E-state index is 0. The predicted octanol–water partition coefficient (Wildman–Crippen LogP) is -3.77. The number of aryl methyl sites for hydroxylation is 1. The van der Waals surface area contributed by atoms with Crippen LogP contribution in [0, 0.1) is 6.92 Å². The zero-order valence-corrected chi connectivity index (χ0v) is 33.9. The minimum atomic E-state index is -3.12. The molecule has 0 saturated heterocycles. The summed E-state index contributed by atoms with van der Waals surface area (Å²) in [5.74, 6) is 0. The van der Waals surface area contributed by atoms with Crippen molar-refractivity contribution in [3.63, 3.8) is 0 Å². The van der Waals surface area contributed by atoms with Crippen LogP contribution in [-0.4, -0.2) is 88.2 Å². The SMILES string of the molecule is CCOP(=O)(CCC(CCCn1c(C)cc(=O)n(CCCC(CCP(=O)(OCC)OCC)[NH+](C)C)c1=O)[NH+](C)C)OCC.[Br-].[Br-]. The molecular weight excluding hydrogens is 754 g/mol. The number of rotatable bonds is 24. The van der Waals surface area contributed by atoms with Gasteiger partial charge in [0.25, 0.3) is 5.56 Å². The van der Waals surface area contributed by atoms with Gasteiger partial charge in [-0.15, -0.1) is 0 Å². The van der Waals surface area contributed by atoms with Crippen LogP contribution >= 0.6 is 15.2 Å². The fourth-order valence-electron chi connectivity index (χ4n) is 5.39. The van der Waals surface area contributed by atoms with Gasteiger partial charge in [0.2, 0.25) is 0 Å². The van der Waals surface area contributed by atoms with E-state index in [4.69, 9.17) is 18.1 Å². The highest BCUT2D eigenvalue weighted by Crippen LogP contribution is 2.49. The molecule has 1 aromatic rings. The zero-order chi connectivity index (χ0) is 32.6. The summed E-state index contributed by atoms with van der Waals surface area (Å²) in [5, 5.41) is 0. The van der Waals surface area contributed by atoms with Gasteiger partial charge >= 0.3 is 20.9 Å². The molecule has 0 aromatic carbocycles. The first kappa shape index (κ1) is 47.0. The lowest BCUT2D eigenvalue weighted by Gasteiger charge is -2.24. The fraction of sp³-hybridized carbons (Fsp3) is 0.862. The molecule has 2 atom stereocenters. The monoisotopic (exact) mass is 812 g/mol. The normalized spacial score (nSPS) is 13.5. The Balaban J connectivity index is 0. The number of halogens is 2. The first-order valence-electron chi connectivity index (χ1n) is 15.9. The van der Waals surface area contributed by atoms with E-state index in [0.29, 0.717) is 76.8 Å². The molecule has 12 nitrogen and oxygen atoms in total. The van der Waals surface area contributed by atoms with Crippen LogP contribution in [0.25, 0.3) is 0 Å². The second kappa shape index (κ2) is 24.1. The third kappa shape index (κ3) is 16.7. The summed E-state index contributed by atoms with van der Waals surface area (Å²) >= 11 is 0. The highest BCUT2D eigenvalue weighted by atomic mass is 79.9. The lowest BCUT2D eigenvalue weighted by Crippen LogP contribution is -3.10. The summed E-state index contributed by atoms with van der Waals surface area (Å²) in [5.41, 5.74) is 0.0696. The summed E-state index contributed by atoms with van der Waals surface area (Å²) in [6, 6.07) is 1.94.